The minimum Gasteiger partial charge on any atom is -0.382 e. The summed E-state index contributed by atoms with van der Waals surface area (Å²) in [6, 6.07) is 6.13. The van der Waals surface area contributed by atoms with Crippen LogP contribution in [0.4, 0.5) is 4.39 Å². The van der Waals surface area contributed by atoms with Gasteiger partial charge in [-0.1, -0.05) is 6.07 Å². The molecule has 5 heteroatoms. The van der Waals surface area contributed by atoms with Crippen molar-refractivity contribution in [2.75, 3.05) is 0 Å². The summed E-state index contributed by atoms with van der Waals surface area (Å²) in [7, 11) is 0. The summed E-state index contributed by atoms with van der Waals surface area (Å²) in [6.07, 6.45) is 0.640. The highest BCUT2D eigenvalue weighted by Crippen LogP contribution is 2.30. The molecule has 0 spiro atoms. The highest BCUT2D eigenvalue weighted by molar-refractivity contribution is 9.11. The van der Waals surface area contributed by atoms with E-state index in [2.05, 4.69) is 36.8 Å². The molecule has 0 fully saturated rings. The van der Waals surface area contributed by atoms with Gasteiger partial charge in [0.15, 0.2) is 0 Å². The van der Waals surface area contributed by atoms with Gasteiger partial charge in [-0.3, -0.25) is 4.98 Å². The van der Waals surface area contributed by atoms with Gasteiger partial charge in [-0.05, 0) is 68.1 Å². The van der Waals surface area contributed by atoms with Gasteiger partial charge in [-0.15, -0.1) is 0 Å². The van der Waals surface area contributed by atoms with Crippen LogP contribution in [0.2, 0.25) is 0 Å². The van der Waals surface area contributed by atoms with Gasteiger partial charge >= 0.3 is 0 Å². The Bertz CT molecular complexity index is 589. The lowest BCUT2D eigenvalue weighted by atomic mass is 10.0. The van der Waals surface area contributed by atoms with Crippen LogP contribution < -0.4 is 0 Å². The zero-order chi connectivity index (χ0) is 13.3. The number of aryl methyl sites for hydroxylation is 1. The Labute approximate surface area is 121 Å². The predicted octanol–water partition coefficient (Wildman–Crippen LogP) is 4.14. The molecule has 94 valence electrons. The molecule has 2 rings (SSSR count). The van der Waals surface area contributed by atoms with Gasteiger partial charge in [0.25, 0.3) is 0 Å². The first-order chi connectivity index (χ1) is 8.49. The number of aliphatic hydroxyl groups excluding tert-OH is 1. The molecule has 2 nitrogen and oxygen atoms in total. The van der Waals surface area contributed by atoms with E-state index in [4.69, 9.17) is 0 Å². The number of nitrogens with zero attached hydrogens (tertiary/aromatic N) is 1. The average Bonchev–Trinajstić information content (AvgIpc) is 2.31. The first-order valence-electron chi connectivity index (χ1n) is 5.24. The molecule has 1 N–H and O–H groups in total. The molecular formula is C13H10Br2FNO. The van der Waals surface area contributed by atoms with E-state index >= 15 is 0 Å². The van der Waals surface area contributed by atoms with E-state index in [0.717, 1.165) is 10.0 Å². The van der Waals surface area contributed by atoms with Crippen LogP contribution in [0.3, 0.4) is 0 Å². The maximum Gasteiger partial charge on any atom is 0.123 e. The number of pyridine rings is 1. The van der Waals surface area contributed by atoms with Crippen molar-refractivity contribution in [1.82, 2.24) is 4.98 Å². The molecule has 2 aromatic rings. The first kappa shape index (κ1) is 13.6. The Balaban J connectivity index is 2.47. The molecule has 0 saturated heterocycles. The highest BCUT2D eigenvalue weighted by Gasteiger charge is 2.18. The third-order valence-corrected chi connectivity index (χ3v) is 3.70. The molecule has 0 aliphatic heterocycles. The van der Waals surface area contributed by atoms with E-state index in [-0.39, 0.29) is 5.82 Å². The van der Waals surface area contributed by atoms with Crippen LogP contribution in [0.25, 0.3) is 0 Å². The van der Waals surface area contributed by atoms with Gasteiger partial charge in [0.2, 0.25) is 0 Å². The Morgan fingerprint density at radius 3 is 2.67 bits per heavy atom. The molecule has 1 unspecified atom stereocenters. The predicted molar refractivity (Wildman–Crippen MR) is 74.8 cm³/mol. The van der Waals surface area contributed by atoms with Gasteiger partial charge in [-0.25, -0.2) is 4.39 Å². The fourth-order valence-electron chi connectivity index (χ4n) is 1.68. The van der Waals surface area contributed by atoms with Crippen molar-refractivity contribution in [3.05, 3.63) is 62.0 Å². The first-order valence-corrected chi connectivity index (χ1v) is 6.82. The van der Waals surface area contributed by atoms with E-state index in [1.165, 1.54) is 12.1 Å². The summed E-state index contributed by atoms with van der Waals surface area (Å²) < 4.78 is 14.7. The summed E-state index contributed by atoms with van der Waals surface area (Å²) in [5.74, 6) is -0.372. The second-order valence-corrected chi connectivity index (χ2v) is 5.69. The summed E-state index contributed by atoms with van der Waals surface area (Å²) >= 11 is 6.64. The van der Waals surface area contributed by atoms with Crippen molar-refractivity contribution in [2.45, 2.75) is 13.0 Å². The molecule has 0 radical (unpaired) electrons. The van der Waals surface area contributed by atoms with Crippen LogP contribution in [0.1, 0.15) is 22.9 Å². The van der Waals surface area contributed by atoms with Crippen LogP contribution in [-0.2, 0) is 0 Å². The molecule has 1 aromatic heterocycles. The van der Waals surface area contributed by atoms with Crippen molar-refractivity contribution in [3.8, 4) is 0 Å². The second kappa shape index (κ2) is 5.47. The second-order valence-electron chi connectivity index (χ2n) is 3.92. The Morgan fingerprint density at radius 1 is 1.28 bits per heavy atom. The fourth-order valence-corrected chi connectivity index (χ4v) is 2.88. The maximum atomic E-state index is 13.2. The highest BCUT2D eigenvalue weighted by atomic mass is 79.9. The number of rotatable bonds is 2. The summed E-state index contributed by atoms with van der Waals surface area (Å²) in [5.41, 5.74) is 1.80. The lowest BCUT2D eigenvalue weighted by molar-refractivity contribution is 0.213. The molecule has 0 aliphatic rings. The zero-order valence-corrected chi connectivity index (χ0v) is 12.7. The third kappa shape index (κ3) is 2.79. The standard InChI is InChI=1S/C13H10Br2FNO/c1-7-2-3-9(16)5-10(7)13(18)12-11(15)4-8(14)6-17-12/h2-6,13,18H,1H3. The Kier molecular flexibility index (Phi) is 4.14. The number of hydrogen-bond donors (Lipinski definition) is 1. The monoisotopic (exact) mass is 373 g/mol. The van der Waals surface area contributed by atoms with Crippen LogP contribution >= 0.6 is 31.9 Å². The minimum absolute atomic E-state index is 0.372. The molecular weight excluding hydrogens is 365 g/mol. The molecule has 1 heterocycles. The van der Waals surface area contributed by atoms with E-state index in [1.807, 2.05) is 6.92 Å². The summed E-state index contributed by atoms with van der Waals surface area (Å²) in [5, 5.41) is 10.3. The van der Waals surface area contributed by atoms with E-state index in [1.54, 1.807) is 18.3 Å². The summed E-state index contributed by atoms with van der Waals surface area (Å²) in [6.45, 7) is 1.82. The minimum atomic E-state index is -0.955. The number of aromatic nitrogens is 1. The van der Waals surface area contributed by atoms with Gasteiger partial charge in [0.1, 0.15) is 11.9 Å². The van der Waals surface area contributed by atoms with Crippen molar-refractivity contribution in [3.63, 3.8) is 0 Å². The van der Waals surface area contributed by atoms with Crippen molar-refractivity contribution in [1.29, 1.82) is 0 Å². The van der Waals surface area contributed by atoms with Gasteiger partial charge in [-0.2, -0.15) is 0 Å². The molecule has 18 heavy (non-hydrogen) atoms. The van der Waals surface area contributed by atoms with Gasteiger partial charge in [0.05, 0.1) is 5.69 Å². The van der Waals surface area contributed by atoms with Crippen LogP contribution in [0, 0.1) is 12.7 Å². The lowest BCUT2D eigenvalue weighted by Gasteiger charge is -2.15. The zero-order valence-electron chi connectivity index (χ0n) is 9.49. The Morgan fingerprint density at radius 2 is 2.00 bits per heavy atom. The van der Waals surface area contributed by atoms with Crippen LogP contribution in [0.15, 0.2) is 39.4 Å². The largest absolute Gasteiger partial charge is 0.382 e. The van der Waals surface area contributed by atoms with E-state index in [9.17, 15) is 9.50 Å². The van der Waals surface area contributed by atoms with E-state index < -0.39 is 6.10 Å². The molecule has 0 saturated carbocycles. The van der Waals surface area contributed by atoms with Crippen molar-refractivity contribution in [2.24, 2.45) is 0 Å². The molecule has 0 amide bonds. The van der Waals surface area contributed by atoms with E-state index in [0.29, 0.717) is 15.7 Å². The quantitative estimate of drug-likeness (QED) is 0.857. The van der Waals surface area contributed by atoms with Gasteiger partial charge < -0.3 is 5.11 Å². The molecule has 0 aliphatic carbocycles. The number of halogens is 3. The van der Waals surface area contributed by atoms with Crippen molar-refractivity contribution >= 4 is 31.9 Å². The van der Waals surface area contributed by atoms with Crippen molar-refractivity contribution < 1.29 is 9.50 Å². The SMILES string of the molecule is Cc1ccc(F)cc1C(O)c1ncc(Br)cc1Br. The topological polar surface area (TPSA) is 33.1 Å². The number of hydrogen-bond acceptors (Lipinski definition) is 2. The Hall–Kier alpha value is -0.780. The molecule has 0 bridgehead atoms. The fraction of sp³-hybridized carbons (Fsp3) is 0.154. The number of aliphatic hydroxyl groups is 1. The van der Waals surface area contributed by atoms with Crippen LogP contribution in [-0.4, -0.2) is 10.1 Å². The third-order valence-electron chi connectivity index (χ3n) is 2.63. The molecule has 1 aromatic carbocycles. The van der Waals surface area contributed by atoms with Crippen LogP contribution in [0.5, 0.6) is 0 Å². The maximum absolute atomic E-state index is 13.2. The lowest BCUT2D eigenvalue weighted by Crippen LogP contribution is -2.05. The molecule has 1 atom stereocenters. The smallest absolute Gasteiger partial charge is 0.123 e. The average molecular weight is 375 g/mol. The number of benzene rings is 1. The van der Waals surface area contributed by atoms with Gasteiger partial charge in [0, 0.05) is 15.1 Å². The normalized spacial score (nSPS) is 12.5. The summed E-state index contributed by atoms with van der Waals surface area (Å²) in [4.78, 5) is 4.16.